The van der Waals surface area contributed by atoms with Crippen LogP contribution in [0.15, 0.2) is 12.2 Å². The lowest BCUT2D eigenvalue weighted by Crippen LogP contribution is -2.32. The van der Waals surface area contributed by atoms with Crippen molar-refractivity contribution < 1.29 is 18.0 Å². The quantitative estimate of drug-likeness (QED) is 0.365. The first kappa shape index (κ1) is 12.1. The molecule has 5 nitrogen and oxygen atoms in total. The Labute approximate surface area is 78.7 Å². The van der Waals surface area contributed by atoms with Gasteiger partial charge in [-0.15, -0.1) is 5.48 Å². The maximum Gasteiger partial charge on any atom is 0.351 e. The minimum atomic E-state index is -2.46. The van der Waals surface area contributed by atoms with Gasteiger partial charge in [0.05, 0.1) is 11.8 Å². The van der Waals surface area contributed by atoms with Gasteiger partial charge in [0.2, 0.25) is 0 Å². The third-order valence-corrected chi connectivity index (χ3v) is 1.97. The second kappa shape index (κ2) is 5.71. The molecule has 0 saturated carbocycles. The van der Waals surface area contributed by atoms with Gasteiger partial charge in [0.25, 0.3) is 0 Å². The zero-order valence-electron chi connectivity index (χ0n) is 7.57. The van der Waals surface area contributed by atoms with Crippen LogP contribution in [0.2, 0.25) is 0 Å². The molecule has 0 bridgehead atoms. The van der Waals surface area contributed by atoms with Crippen LogP contribution in [0.4, 0.5) is 0 Å². The van der Waals surface area contributed by atoms with E-state index in [9.17, 15) is 13.2 Å². The maximum absolute atomic E-state index is 10.8. The molecule has 76 valence electrons. The topological polar surface area (TPSA) is 72.5 Å². The van der Waals surface area contributed by atoms with Crippen molar-refractivity contribution in [1.82, 2.24) is 5.48 Å². The molecule has 1 atom stereocenters. The van der Waals surface area contributed by atoms with E-state index < -0.39 is 22.7 Å². The molecule has 0 aromatic rings. The molecule has 0 aliphatic heterocycles. The molecule has 1 N–H and O–H groups in total. The van der Waals surface area contributed by atoms with Gasteiger partial charge in [0.15, 0.2) is 0 Å². The molecule has 0 aliphatic rings. The molecule has 0 spiro atoms. The standard InChI is InChI=1S/C7H13NO4S/c1-5(2)7(9)12-8-6(3)4-13(10)11/h6,8,13H,1,4H2,2-3H3. The van der Waals surface area contributed by atoms with Crippen LogP contribution in [0.5, 0.6) is 0 Å². The van der Waals surface area contributed by atoms with Gasteiger partial charge in [-0.2, -0.15) is 0 Å². The van der Waals surface area contributed by atoms with Crippen molar-refractivity contribution in [2.45, 2.75) is 19.9 Å². The van der Waals surface area contributed by atoms with E-state index in [-0.39, 0.29) is 11.3 Å². The van der Waals surface area contributed by atoms with Gasteiger partial charge >= 0.3 is 5.97 Å². The summed E-state index contributed by atoms with van der Waals surface area (Å²) in [7, 11) is -2.46. The zero-order chi connectivity index (χ0) is 10.4. The number of nitrogens with one attached hydrogen (secondary N) is 1. The van der Waals surface area contributed by atoms with Crippen molar-refractivity contribution >= 4 is 16.7 Å². The van der Waals surface area contributed by atoms with E-state index in [1.54, 1.807) is 6.92 Å². The van der Waals surface area contributed by atoms with Gasteiger partial charge in [-0.3, -0.25) is 0 Å². The number of thiol groups is 1. The third kappa shape index (κ3) is 6.30. The summed E-state index contributed by atoms with van der Waals surface area (Å²) in [4.78, 5) is 15.3. The predicted molar refractivity (Wildman–Crippen MR) is 48.7 cm³/mol. The largest absolute Gasteiger partial charge is 0.367 e. The summed E-state index contributed by atoms with van der Waals surface area (Å²) in [5.74, 6) is -0.660. The molecule has 0 saturated heterocycles. The Morgan fingerprint density at radius 3 is 2.54 bits per heavy atom. The first-order valence-electron chi connectivity index (χ1n) is 3.67. The summed E-state index contributed by atoms with van der Waals surface area (Å²) in [5.41, 5.74) is 2.56. The van der Waals surface area contributed by atoms with Crippen molar-refractivity contribution in [3.05, 3.63) is 12.2 Å². The molecule has 1 unspecified atom stereocenters. The minimum Gasteiger partial charge on any atom is -0.367 e. The van der Waals surface area contributed by atoms with Crippen molar-refractivity contribution in [2.24, 2.45) is 0 Å². The Balaban J connectivity index is 3.76. The van der Waals surface area contributed by atoms with Crippen LogP contribution in [0, 0.1) is 0 Å². The van der Waals surface area contributed by atoms with E-state index >= 15 is 0 Å². The molecule has 0 radical (unpaired) electrons. The number of hydrogen-bond donors (Lipinski definition) is 2. The molecule has 0 aromatic heterocycles. The normalized spacial score (nSPS) is 12.5. The minimum absolute atomic E-state index is 0.0706. The molecule has 0 fully saturated rings. The van der Waals surface area contributed by atoms with Crippen molar-refractivity contribution in [3.8, 4) is 0 Å². The highest BCUT2D eigenvalue weighted by atomic mass is 32.2. The van der Waals surface area contributed by atoms with Crippen molar-refractivity contribution in [2.75, 3.05) is 5.75 Å². The number of carbonyl (C=O) groups excluding carboxylic acids is 1. The van der Waals surface area contributed by atoms with Gasteiger partial charge in [-0.1, -0.05) is 6.58 Å². The first-order valence-corrected chi connectivity index (χ1v) is 5.03. The van der Waals surface area contributed by atoms with E-state index in [1.165, 1.54) is 6.92 Å². The number of rotatable bonds is 5. The summed E-state index contributed by atoms with van der Waals surface area (Å²) in [6, 6.07) is -0.413. The van der Waals surface area contributed by atoms with Crippen molar-refractivity contribution in [1.29, 1.82) is 0 Å². The monoisotopic (exact) mass is 207 g/mol. The average Bonchev–Trinajstić information content (AvgIpc) is 1.98. The van der Waals surface area contributed by atoms with E-state index in [0.29, 0.717) is 0 Å². The lowest BCUT2D eigenvalue weighted by Gasteiger charge is -2.09. The van der Waals surface area contributed by atoms with Crippen LogP contribution in [0.1, 0.15) is 13.8 Å². The molecule has 6 heteroatoms. The van der Waals surface area contributed by atoms with Crippen LogP contribution in [0.3, 0.4) is 0 Å². The van der Waals surface area contributed by atoms with Gasteiger partial charge in [0, 0.05) is 5.57 Å². The van der Waals surface area contributed by atoms with Gasteiger partial charge in [-0.25, -0.2) is 13.2 Å². The number of carbonyl (C=O) groups is 1. The van der Waals surface area contributed by atoms with Crippen LogP contribution in [0.25, 0.3) is 0 Å². The smallest absolute Gasteiger partial charge is 0.351 e. The van der Waals surface area contributed by atoms with Gasteiger partial charge in [-0.05, 0) is 13.8 Å². The van der Waals surface area contributed by atoms with Crippen molar-refractivity contribution in [3.63, 3.8) is 0 Å². The summed E-state index contributed by atoms with van der Waals surface area (Å²) < 4.78 is 20.5. The summed E-state index contributed by atoms with van der Waals surface area (Å²) in [6.45, 7) is 6.46. The molecule has 0 aliphatic carbocycles. The average molecular weight is 207 g/mol. The predicted octanol–water partition coefficient (Wildman–Crippen LogP) is -0.390. The van der Waals surface area contributed by atoms with E-state index in [0.717, 1.165) is 0 Å². The summed E-state index contributed by atoms with van der Waals surface area (Å²) >= 11 is 0. The fourth-order valence-corrected chi connectivity index (χ4v) is 1.02. The molecular formula is C7H13NO4S. The lowest BCUT2D eigenvalue weighted by atomic mass is 10.4. The fourth-order valence-electron chi connectivity index (χ4n) is 0.502. The van der Waals surface area contributed by atoms with Crippen LogP contribution in [-0.4, -0.2) is 26.2 Å². The Morgan fingerprint density at radius 2 is 2.15 bits per heavy atom. The molecule has 0 rings (SSSR count). The lowest BCUT2D eigenvalue weighted by molar-refractivity contribution is -0.147. The molecular weight excluding hydrogens is 194 g/mol. The van der Waals surface area contributed by atoms with E-state index in [1.807, 2.05) is 0 Å². The molecule has 13 heavy (non-hydrogen) atoms. The first-order chi connectivity index (χ1) is 5.93. The van der Waals surface area contributed by atoms with Crippen LogP contribution in [-0.2, 0) is 20.3 Å². The maximum atomic E-state index is 10.8. The molecule has 0 aromatic carbocycles. The Kier molecular flexibility index (Phi) is 5.33. The van der Waals surface area contributed by atoms with Gasteiger partial charge < -0.3 is 4.84 Å². The second-order valence-electron chi connectivity index (χ2n) is 2.70. The summed E-state index contributed by atoms with van der Waals surface area (Å²) in [6.07, 6.45) is 0. The van der Waals surface area contributed by atoms with E-state index in [2.05, 4.69) is 16.9 Å². The number of hydrogen-bond acceptors (Lipinski definition) is 5. The molecule has 0 amide bonds. The highest BCUT2D eigenvalue weighted by molar-refractivity contribution is 7.72. The Bertz CT molecular complexity index is 264. The van der Waals surface area contributed by atoms with Crippen LogP contribution >= 0.6 is 0 Å². The second-order valence-corrected chi connectivity index (χ2v) is 3.73. The zero-order valence-corrected chi connectivity index (χ0v) is 8.47. The third-order valence-electron chi connectivity index (χ3n) is 1.12. The van der Waals surface area contributed by atoms with Gasteiger partial charge in [0.1, 0.15) is 10.7 Å². The van der Waals surface area contributed by atoms with E-state index in [4.69, 9.17) is 0 Å². The number of hydroxylamine groups is 1. The SMILES string of the molecule is C=C(C)C(=O)ONC(C)C[SH](=O)=O. The molecule has 0 heterocycles. The van der Waals surface area contributed by atoms with Crippen LogP contribution < -0.4 is 5.48 Å². The Hall–Kier alpha value is -0.880. The Morgan fingerprint density at radius 1 is 1.62 bits per heavy atom. The highest BCUT2D eigenvalue weighted by Gasteiger charge is 2.07. The highest BCUT2D eigenvalue weighted by Crippen LogP contribution is 1.90. The summed E-state index contributed by atoms with van der Waals surface area (Å²) in [5, 5.41) is 0. The fraction of sp³-hybridized carbons (Fsp3) is 0.571.